The fourth-order valence-corrected chi connectivity index (χ4v) is 7.03. The van der Waals surface area contributed by atoms with Gasteiger partial charge in [0.15, 0.2) is 0 Å². The van der Waals surface area contributed by atoms with Crippen molar-refractivity contribution in [3.05, 3.63) is 118 Å². The van der Waals surface area contributed by atoms with Gasteiger partial charge in [0, 0.05) is 69.3 Å². The molecule has 0 radical (unpaired) electrons. The first kappa shape index (κ1) is 32.2. The minimum Gasteiger partial charge on any atom is -0.381 e. The first-order valence-corrected chi connectivity index (χ1v) is 17.2. The number of piperazine rings is 1. The van der Waals surface area contributed by atoms with E-state index in [1.54, 1.807) is 12.1 Å². The number of rotatable bonds is 10. The highest BCUT2D eigenvalue weighted by Crippen LogP contribution is 2.30. The van der Waals surface area contributed by atoms with Crippen LogP contribution in [0.1, 0.15) is 28.8 Å². The number of nitrogens with one attached hydrogen (secondary N) is 2. The fourth-order valence-electron chi connectivity index (χ4n) is 6.04. The zero-order valence-corrected chi connectivity index (χ0v) is 26.7. The molecule has 2 saturated heterocycles. The Morgan fingerprint density at radius 1 is 0.872 bits per heavy atom. The lowest BCUT2D eigenvalue weighted by Crippen LogP contribution is -2.46. The van der Waals surface area contributed by atoms with E-state index in [1.807, 2.05) is 18.2 Å². The topological polar surface area (TPSA) is 134 Å². The van der Waals surface area contributed by atoms with Crippen LogP contribution in [0.3, 0.4) is 0 Å². The maximum Gasteiger partial charge on any atom is 0.293 e. The zero-order valence-electron chi connectivity index (χ0n) is 25.9. The molecule has 2 aliphatic heterocycles. The van der Waals surface area contributed by atoms with Crippen LogP contribution in [0.4, 0.5) is 17.1 Å². The van der Waals surface area contributed by atoms with Crippen molar-refractivity contribution in [2.45, 2.75) is 30.3 Å². The molecule has 11 nitrogen and oxygen atoms in total. The molecule has 6 rings (SSSR count). The van der Waals surface area contributed by atoms with Crippen LogP contribution in [-0.4, -0.2) is 69.6 Å². The number of carbonyl (C=O) groups is 1. The molecule has 47 heavy (non-hydrogen) atoms. The van der Waals surface area contributed by atoms with Gasteiger partial charge in [0.2, 0.25) is 0 Å². The average Bonchev–Trinajstić information content (AvgIpc) is 3.09. The van der Waals surface area contributed by atoms with Gasteiger partial charge in [-0.1, -0.05) is 54.6 Å². The Balaban J connectivity index is 1.06. The number of ether oxygens (including phenoxy) is 1. The number of nitrogens with zero attached hydrogens (tertiary/aromatic N) is 3. The summed E-state index contributed by atoms with van der Waals surface area (Å²) in [6.45, 7) is 5.32. The first-order valence-electron chi connectivity index (χ1n) is 15.7. The summed E-state index contributed by atoms with van der Waals surface area (Å²) in [6, 6.07) is 29.3. The summed E-state index contributed by atoms with van der Waals surface area (Å²) >= 11 is 0. The maximum absolute atomic E-state index is 13.1. The average molecular weight is 656 g/mol. The third-order valence-corrected chi connectivity index (χ3v) is 9.98. The molecule has 4 aromatic rings. The van der Waals surface area contributed by atoms with Crippen LogP contribution in [-0.2, 0) is 21.3 Å². The largest absolute Gasteiger partial charge is 0.381 e. The van der Waals surface area contributed by atoms with E-state index in [0.29, 0.717) is 26.1 Å². The number of hydrogen-bond donors (Lipinski definition) is 2. The molecule has 0 bridgehead atoms. The number of carbonyl (C=O) groups excluding carboxylic acids is 1. The minimum absolute atomic E-state index is 0.0149. The van der Waals surface area contributed by atoms with E-state index in [4.69, 9.17) is 4.74 Å². The van der Waals surface area contributed by atoms with Gasteiger partial charge in [-0.3, -0.25) is 19.8 Å². The van der Waals surface area contributed by atoms with E-state index >= 15 is 0 Å². The molecule has 0 aromatic heterocycles. The molecule has 4 aromatic carbocycles. The SMILES string of the molecule is O=C(NS(=O)(=O)c1ccc(NC2CCOCC2)c([N+](=O)[O-])c1)c1ccc(N2CCN(Cc3ccccc3-c3ccccc3)CC2)cc1. The van der Waals surface area contributed by atoms with Gasteiger partial charge in [0.05, 0.1) is 9.82 Å². The van der Waals surface area contributed by atoms with Crippen molar-refractivity contribution in [1.82, 2.24) is 9.62 Å². The predicted molar refractivity (Wildman–Crippen MR) is 181 cm³/mol. The molecule has 12 heteroatoms. The summed E-state index contributed by atoms with van der Waals surface area (Å²) in [5.74, 6) is -0.814. The van der Waals surface area contributed by atoms with E-state index in [9.17, 15) is 23.3 Å². The van der Waals surface area contributed by atoms with Gasteiger partial charge in [-0.25, -0.2) is 13.1 Å². The molecule has 0 aliphatic carbocycles. The van der Waals surface area contributed by atoms with Gasteiger partial charge in [-0.05, 0) is 65.9 Å². The van der Waals surface area contributed by atoms with E-state index < -0.39 is 20.9 Å². The Labute approximate surface area is 274 Å². The standard InChI is InChI=1S/C35H37N5O6S/c41-35(37-47(44,45)31-14-15-33(34(24-31)40(42)43)36-29-16-22-46-23-17-29)27-10-12-30(13-11-27)39-20-18-38(19-21-39)25-28-8-4-5-9-32(28)26-6-2-1-3-7-26/h1-15,24,29,36H,16-23,25H2,(H,37,41). The lowest BCUT2D eigenvalue weighted by molar-refractivity contribution is -0.384. The molecule has 244 valence electrons. The van der Waals surface area contributed by atoms with Gasteiger partial charge >= 0.3 is 0 Å². The van der Waals surface area contributed by atoms with Crippen molar-refractivity contribution < 1.29 is 22.9 Å². The Morgan fingerprint density at radius 2 is 1.55 bits per heavy atom. The Hall–Kier alpha value is -4.78. The van der Waals surface area contributed by atoms with Gasteiger partial charge in [-0.2, -0.15) is 0 Å². The van der Waals surface area contributed by atoms with Gasteiger partial charge in [0.25, 0.3) is 21.6 Å². The predicted octanol–water partition coefficient (Wildman–Crippen LogP) is 5.29. The van der Waals surface area contributed by atoms with Crippen molar-refractivity contribution in [1.29, 1.82) is 0 Å². The molecule has 0 spiro atoms. The lowest BCUT2D eigenvalue weighted by Gasteiger charge is -2.36. The monoisotopic (exact) mass is 655 g/mol. The Bertz CT molecular complexity index is 1820. The molecule has 2 heterocycles. The van der Waals surface area contributed by atoms with Crippen LogP contribution in [0.2, 0.25) is 0 Å². The molecule has 2 N–H and O–H groups in total. The second kappa shape index (κ2) is 14.3. The molecule has 0 unspecified atom stereocenters. The van der Waals surface area contributed by atoms with E-state index in [-0.39, 0.29) is 27.9 Å². The van der Waals surface area contributed by atoms with Crippen LogP contribution >= 0.6 is 0 Å². The molecule has 0 atom stereocenters. The summed E-state index contributed by atoms with van der Waals surface area (Å²) in [5, 5.41) is 14.9. The highest BCUT2D eigenvalue weighted by atomic mass is 32.2. The third kappa shape index (κ3) is 7.79. The van der Waals surface area contributed by atoms with Gasteiger partial charge < -0.3 is 15.0 Å². The van der Waals surface area contributed by atoms with Crippen molar-refractivity contribution in [2.75, 3.05) is 49.6 Å². The zero-order chi connectivity index (χ0) is 32.8. The molecule has 1 amide bonds. The summed E-state index contributed by atoms with van der Waals surface area (Å²) in [7, 11) is -4.36. The number of anilines is 2. The lowest BCUT2D eigenvalue weighted by atomic mass is 9.99. The van der Waals surface area contributed by atoms with E-state index in [1.165, 1.54) is 28.8 Å². The molecule has 0 saturated carbocycles. The van der Waals surface area contributed by atoms with Crippen LogP contribution in [0, 0.1) is 10.1 Å². The molecular weight excluding hydrogens is 618 g/mol. The number of benzene rings is 4. The summed E-state index contributed by atoms with van der Waals surface area (Å²) in [6.07, 6.45) is 1.37. The fraction of sp³-hybridized carbons (Fsp3) is 0.286. The van der Waals surface area contributed by atoms with Crippen LogP contribution < -0.4 is 14.9 Å². The van der Waals surface area contributed by atoms with Crippen LogP contribution in [0.25, 0.3) is 11.1 Å². The molecule has 2 aliphatic rings. The molecule has 2 fully saturated rings. The van der Waals surface area contributed by atoms with Crippen LogP contribution in [0.5, 0.6) is 0 Å². The quantitative estimate of drug-likeness (QED) is 0.173. The van der Waals surface area contributed by atoms with Crippen LogP contribution in [0.15, 0.2) is 102 Å². The van der Waals surface area contributed by atoms with E-state index in [0.717, 1.165) is 44.5 Å². The second-order valence-electron chi connectivity index (χ2n) is 11.7. The van der Waals surface area contributed by atoms with Crippen molar-refractivity contribution in [3.63, 3.8) is 0 Å². The van der Waals surface area contributed by atoms with Gasteiger partial charge in [-0.15, -0.1) is 0 Å². The minimum atomic E-state index is -4.36. The summed E-state index contributed by atoms with van der Waals surface area (Å²) in [5.41, 5.74) is 4.69. The van der Waals surface area contributed by atoms with E-state index in [2.05, 4.69) is 68.4 Å². The highest BCUT2D eigenvalue weighted by molar-refractivity contribution is 7.90. The van der Waals surface area contributed by atoms with Crippen molar-refractivity contribution >= 4 is 33.0 Å². The Morgan fingerprint density at radius 3 is 2.26 bits per heavy atom. The number of nitro benzene ring substituents is 1. The smallest absolute Gasteiger partial charge is 0.293 e. The summed E-state index contributed by atoms with van der Waals surface area (Å²) < 4.78 is 33.5. The highest BCUT2D eigenvalue weighted by Gasteiger charge is 2.26. The Kier molecular flexibility index (Phi) is 9.81. The third-order valence-electron chi connectivity index (χ3n) is 8.65. The van der Waals surface area contributed by atoms with Gasteiger partial charge in [0.1, 0.15) is 5.69 Å². The maximum atomic E-state index is 13.1. The number of amides is 1. The second-order valence-corrected chi connectivity index (χ2v) is 13.4. The van der Waals surface area contributed by atoms with Crippen molar-refractivity contribution in [3.8, 4) is 11.1 Å². The number of nitro groups is 1. The number of sulfonamides is 1. The van der Waals surface area contributed by atoms with Crippen molar-refractivity contribution in [2.24, 2.45) is 0 Å². The first-order chi connectivity index (χ1) is 22.8. The number of hydrogen-bond acceptors (Lipinski definition) is 9. The normalized spacial score (nSPS) is 16.0. The molecular formula is C35H37N5O6S. The summed E-state index contributed by atoms with van der Waals surface area (Å²) in [4.78, 5) is 28.4.